The van der Waals surface area contributed by atoms with Gasteiger partial charge in [-0.15, -0.1) is 0 Å². The summed E-state index contributed by atoms with van der Waals surface area (Å²) in [5.41, 5.74) is 7.15. The van der Waals surface area contributed by atoms with Crippen LogP contribution >= 0.6 is 0 Å². The van der Waals surface area contributed by atoms with Crippen LogP contribution in [0.2, 0.25) is 0 Å². The lowest BCUT2D eigenvalue weighted by Crippen LogP contribution is -1.88. The van der Waals surface area contributed by atoms with E-state index in [2.05, 4.69) is 57.4 Å². The second-order valence-corrected chi connectivity index (χ2v) is 5.67. The maximum absolute atomic E-state index is 4.52. The topological polar surface area (TPSA) is 54.5 Å². The minimum Gasteiger partial charge on any atom is -0.276 e. The average molecular weight is 312 g/mol. The van der Waals surface area contributed by atoms with Gasteiger partial charge in [-0.3, -0.25) is 15.1 Å². The number of nitrogens with zero attached hydrogens (tertiary/aromatic N) is 3. The summed E-state index contributed by atoms with van der Waals surface area (Å²) in [6.07, 6.45) is 5.45. The van der Waals surface area contributed by atoms with Gasteiger partial charge in [0.15, 0.2) is 0 Å². The van der Waals surface area contributed by atoms with Crippen molar-refractivity contribution >= 4 is 0 Å². The summed E-state index contributed by atoms with van der Waals surface area (Å²) in [6, 6.07) is 18.3. The number of aryl methyl sites for hydroxylation is 1. The van der Waals surface area contributed by atoms with E-state index in [1.807, 2.05) is 36.7 Å². The second kappa shape index (κ2) is 6.08. The highest BCUT2D eigenvalue weighted by Gasteiger charge is 2.12. The van der Waals surface area contributed by atoms with Gasteiger partial charge in [0.2, 0.25) is 0 Å². The number of hydrogen-bond acceptors (Lipinski definition) is 3. The number of H-pyrrole nitrogens is 1. The van der Waals surface area contributed by atoms with Gasteiger partial charge in [0.1, 0.15) is 0 Å². The molecule has 4 aromatic rings. The van der Waals surface area contributed by atoms with Gasteiger partial charge in [0, 0.05) is 23.5 Å². The Morgan fingerprint density at radius 2 is 1.71 bits per heavy atom. The molecule has 0 unspecified atom stereocenters. The molecule has 3 heterocycles. The van der Waals surface area contributed by atoms with E-state index >= 15 is 0 Å². The molecular weight excluding hydrogens is 296 g/mol. The molecule has 0 radical (unpaired) electrons. The van der Waals surface area contributed by atoms with Crippen molar-refractivity contribution in [3.8, 4) is 33.8 Å². The van der Waals surface area contributed by atoms with Crippen LogP contribution < -0.4 is 0 Å². The van der Waals surface area contributed by atoms with E-state index in [1.165, 1.54) is 5.56 Å². The molecule has 0 fully saturated rings. The third kappa shape index (κ3) is 2.70. The third-order valence-corrected chi connectivity index (χ3v) is 3.95. The first-order valence-corrected chi connectivity index (χ1v) is 7.79. The number of pyridine rings is 2. The molecule has 4 rings (SSSR count). The number of hydrogen-bond donors (Lipinski definition) is 1. The van der Waals surface area contributed by atoms with Gasteiger partial charge in [-0.2, -0.15) is 5.10 Å². The van der Waals surface area contributed by atoms with Crippen molar-refractivity contribution in [2.45, 2.75) is 6.92 Å². The van der Waals surface area contributed by atoms with Crippen molar-refractivity contribution in [1.29, 1.82) is 0 Å². The van der Waals surface area contributed by atoms with Crippen LogP contribution in [0.3, 0.4) is 0 Å². The highest BCUT2D eigenvalue weighted by molar-refractivity contribution is 5.80. The largest absolute Gasteiger partial charge is 0.276 e. The average Bonchev–Trinajstić information content (AvgIpc) is 3.12. The van der Waals surface area contributed by atoms with Crippen molar-refractivity contribution < 1.29 is 0 Å². The molecule has 116 valence electrons. The Hall–Kier alpha value is -3.27. The van der Waals surface area contributed by atoms with Crippen molar-refractivity contribution in [3.05, 3.63) is 78.8 Å². The molecule has 0 spiro atoms. The van der Waals surface area contributed by atoms with Crippen LogP contribution in [0.15, 0.2) is 73.2 Å². The Balaban J connectivity index is 1.80. The number of benzene rings is 1. The molecule has 0 atom stereocenters. The summed E-state index contributed by atoms with van der Waals surface area (Å²) < 4.78 is 0. The van der Waals surface area contributed by atoms with E-state index in [0.29, 0.717) is 0 Å². The van der Waals surface area contributed by atoms with Gasteiger partial charge in [-0.25, -0.2) is 0 Å². The molecule has 0 bridgehead atoms. The molecule has 1 aromatic carbocycles. The Bertz CT molecular complexity index is 974. The fourth-order valence-corrected chi connectivity index (χ4v) is 2.77. The van der Waals surface area contributed by atoms with E-state index < -0.39 is 0 Å². The van der Waals surface area contributed by atoms with E-state index in [-0.39, 0.29) is 0 Å². The molecule has 1 N–H and O–H groups in total. The Morgan fingerprint density at radius 3 is 2.54 bits per heavy atom. The normalized spacial score (nSPS) is 10.7. The Morgan fingerprint density at radius 1 is 0.792 bits per heavy atom. The summed E-state index contributed by atoms with van der Waals surface area (Å²) >= 11 is 0. The predicted molar refractivity (Wildman–Crippen MR) is 95.2 cm³/mol. The van der Waals surface area contributed by atoms with Crippen LogP contribution in [0, 0.1) is 6.92 Å². The molecular formula is C20H16N4. The lowest BCUT2D eigenvalue weighted by Gasteiger charge is -2.06. The highest BCUT2D eigenvalue weighted by Crippen LogP contribution is 2.30. The molecule has 4 nitrogen and oxygen atoms in total. The Labute approximate surface area is 140 Å². The maximum Gasteiger partial charge on any atom is 0.0912 e. The molecule has 0 saturated carbocycles. The van der Waals surface area contributed by atoms with E-state index in [0.717, 1.165) is 33.8 Å². The summed E-state index contributed by atoms with van der Waals surface area (Å²) in [6.45, 7) is 2.09. The minimum absolute atomic E-state index is 0.874. The molecule has 24 heavy (non-hydrogen) atoms. The SMILES string of the molecule is Cc1cccc(-c2cc(-c3cn[nH]c3-c3ccccn3)ccn2)c1. The fourth-order valence-electron chi connectivity index (χ4n) is 2.77. The maximum atomic E-state index is 4.52. The lowest BCUT2D eigenvalue weighted by molar-refractivity contribution is 1.09. The zero-order valence-corrected chi connectivity index (χ0v) is 13.3. The third-order valence-electron chi connectivity index (χ3n) is 3.95. The number of aromatic amines is 1. The van der Waals surface area contributed by atoms with Gasteiger partial charge < -0.3 is 0 Å². The summed E-state index contributed by atoms with van der Waals surface area (Å²) in [5.74, 6) is 0. The summed E-state index contributed by atoms with van der Waals surface area (Å²) in [7, 11) is 0. The molecule has 0 saturated heterocycles. The zero-order valence-electron chi connectivity index (χ0n) is 13.3. The standard InChI is InChI=1S/C20H16N4/c1-14-5-4-6-16(11-14)19-12-15(8-10-22-19)17-13-23-24-20(17)18-7-2-3-9-21-18/h2-13H,1H3,(H,23,24). The molecule has 0 aliphatic carbocycles. The van der Waals surface area contributed by atoms with Crippen LogP contribution in [0.1, 0.15) is 5.56 Å². The van der Waals surface area contributed by atoms with Crippen LogP contribution in [-0.4, -0.2) is 20.2 Å². The first kappa shape index (κ1) is 14.3. The van der Waals surface area contributed by atoms with Crippen molar-refractivity contribution in [2.24, 2.45) is 0 Å². The van der Waals surface area contributed by atoms with E-state index in [1.54, 1.807) is 6.20 Å². The molecule has 4 heteroatoms. The quantitative estimate of drug-likeness (QED) is 0.605. The van der Waals surface area contributed by atoms with Gasteiger partial charge in [0.25, 0.3) is 0 Å². The van der Waals surface area contributed by atoms with Gasteiger partial charge in [0.05, 0.1) is 23.3 Å². The number of rotatable bonds is 3. The highest BCUT2D eigenvalue weighted by atomic mass is 15.1. The number of aromatic nitrogens is 4. The van der Waals surface area contributed by atoms with Gasteiger partial charge >= 0.3 is 0 Å². The second-order valence-electron chi connectivity index (χ2n) is 5.67. The van der Waals surface area contributed by atoms with Gasteiger partial charge in [-0.05, 0) is 42.8 Å². The predicted octanol–water partition coefficient (Wildman–Crippen LogP) is 4.51. The van der Waals surface area contributed by atoms with E-state index in [9.17, 15) is 0 Å². The lowest BCUT2D eigenvalue weighted by atomic mass is 10.0. The van der Waals surface area contributed by atoms with Crippen molar-refractivity contribution in [3.63, 3.8) is 0 Å². The molecule has 3 aromatic heterocycles. The molecule has 0 aliphatic heterocycles. The Kier molecular flexibility index (Phi) is 3.63. The molecule has 0 amide bonds. The van der Waals surface area contributed by atoms with E-state index in [4.69, 9.17) is 0 Å². The van der Waals surface area contributed by atoms with Crippen LogP contribution in [-0.2, 0) is 0 Å². The smallest absolute Gasteiger partial charge is 0.0912 e. The van der Waals surface area contributed by atoms with Crippen molar-refractivity contribution in [2.75, 3.05) is 0 Å². The fraction of sp³-hybridized carbons (Fsp3) is 0.0500. The first-order valence-electron chi connectivity index (χ1n) is 7.79. The monoisotopic (exact) mass is 312 g/mol. The zero-order chi connectivity index (χ0) is 16.4. The summed E-state index contributed by atoms with van der Waals surface area (Å²) in [5, 5.41) is 7.26. The minimum atomic E-state index is 0.874. The number of nitrogens with one attached hydrogen (secondary N) is 1. The van der Waals surface area contributed by atoms with Crippen LogP contribution in [0.25, 0.3) is 33.8 Å². The summed E-state index contributed by atoms with van der Waals surface area (Å²) in [4.78, 5) is 8.93. The van der Waals surface area contributed by atoms with Crippen LogP contribution in [0.4, 0.5) is 0 Å². The first-order chi connectivity index (χ1) is 11.8. The van der Waals surface area contributed by atoms with Crippen LogP contribution in [0.5, 0.6) is 0 Å². The van der Waals surface area contributed by atoms with Gasteiger partial charge in [-0.1, -0.05) is 29.8 Å². The van der Waals surface area contributed by atoms with Crippen molar-refractivity contribution in [1.82, 2.24) is 20.2 Å². The molecule has 0 aliphatic rings.